The number of phenols is 2. The number of fused-ring (bicyclic) bond motifs is 3. The van der Waals surface area contributed by atoms with Gasteiger partial charge in [-0.1, -0.05) is 0 Å². The van der Waals surface area contributed by atoms with Crippen LogP contribution in [0.2, 0.25) is 0 Å². The van der Waals surface area contributed by atoms with Crippen LogP contribution in [-0.4, -0.2) is 38.9 Å². The first-order chi connectivity index (χ1) is 13.5. The van der Waals surface area contributed by atoms with Crippen LogP contribution in [0.1, 0.15) is 18.2 Å². The summed E-state index contributed by atoms with van der Waals surface area (Å²) >= 11 is 0. The van der Waals surface area contributed by atoms with Crippen LogP contribution in [0.4, 0.5) is 16.2 Å². The molecule has 7 heteroatoms. The molecule has 1 aliphatic heterocycles. The third-order valence-electron chi connectivity index (χ3n) is 5.19. The molecular weight excluding hydrogens is 358 g/mol. The number of hydrogen-bond acceptors (Lipinski definition) is 5. The summed E-state index contributed by atoms with van der Waals surface area (Å²) in [6.07, 6.45) is 0.507. The summed E-state index contributed by atoms with van der Waals surface area (Å²) in [5.74, 6) is -0.328. The first kappa shape index (κ1) is 18.0. The van der Waals surface area contributed by atoms with E-state index in [9.17, 15) is 15.0 Å². The fourth-order valence-electron chi connectivity index (χ4n) is 3.80. The minimum atomic E-state index is -0.279. The van der Waals surface area contributed by atoms with Crippen LogP contribution >= 0.6 is 0 Å². The highest BCUT2D eigenvalue weighted by molar-refractivity contribution is 5.90. The molecule has 2 heterocycles. The smallest absolute Gasteiger partial charge is 0.410 e. The average molecular weight is 381 g/mol. The molecule has 3 aromatic rings. The second-order valence-corrected chi connectivity index (χ2v) is 6.92. The molecule has 1 aromatic heterocycles. The molecule has 2 aromatic carbocycles. The normalized spacial score (nSPS) is 13.4. The molecule has 0 radical (unpaired) electrons. The minimum absolute atomic E-state index is 0.155. The maximum Gasteiger partial charge on any atom is 0.410 e. The molecule has 0 saturated carbocycles. The summed E-state index contributed by atoms with van der Waals surface area (Å²) in [5, 5.41) is 23.5. The van der Waals surface area contributed by atoms with Crippen LogP contribution in [0, 0.1) is 0 Å². The standard InChI is InChI=1S/C21H23N3O4/c1-3-28-21(27)24-9-8-18-16(12-24)15-10-13(4-6-17(15)23(18)2)22-14-5-7-19(25)20(26)11-14/h4-7,10-11,22,25-26H,3,8-9,12H2,1-2H3. The van der Waals surface area contributed by atoms with Crippen LogP contribution in [-0.2, 0) is 24.8 Å². The number of carbonyl (C=O) groups excluding carboxylic acids is 1. The Kier molecular flexibility index (Phi) is 4.50. The number of aromatic hydroxyl groups is 2. The van der Waals surface area contributed by atoms with Crippen LogP contribution in [0.3, 0.4) is 0 Å². The van der Waals surface area contributed by atoms with E-state index in [0.717, 1.165) is 28.6 Å². The quantitative estimate of drug-likeness (QED) is 0.474. The van der Waals surface area contributed by atoms with E-state index in [0.29, 0.717) is 25.4 Å². The van der Waals surface area contributed by atoms with Crippen LogP contribution in [0.25, 0.3) is 10.9 Å². The molecule has 146 valence electrons. The Morgan fingerprint density at radius 1 is 1.14 bits per heavy atom. The highest BCUT2D eigenvalue weighted by atomic mass is 16.6. The number of phenolic OH excluding ortho intramolecular Hbond substituents is 2. The van der Waals surface area contributed by atoms with E-state index in [1.54, 1.807) is 11.0 Å². The van der Waals surface area contributed by atoms with Crippen molar-refractivity contribution in [2.24, 2.45) is 7.05 Å². The Balaban J connectivity index is 1.68. The monoisotopic (exact) mass is 381 g/mol. The van der Waals surface area contributed by atoms with Gasteiger partial charge >= 0.3 is 6.09 Å². The number of rotatable bonds is 3. The molecule has 1 aliphatic rings. The van der Waals surface area contributed by atoms with Crippen LogP contribution in [0.15, 0.2) is 36.4 Å². The Bertz CT molecular complexity index is 1060. The molecule has 0 spiro atoms. The summed E-state index contributed by atoms with van der Waals surface area (Å²) in [6.45, 7) is 3.35. The Morgan fingerprint density at radius 2 is 1.89 bits per heavy atom. The number of nitrogens with zero attached hydrogens (tertiary/aromatic N) is 2. The topological polar surface area (TPSA) is 87.0 Å². The van der Waals surface area contributed by atoms with Crippen molar-refractivity contribution in [2.45, 2.75) is 19.9 Å². The van der Waals surface area contributed by atoms with Crippen molar-refractivity contribution < 1.29 is 19.7 Å². The first-order valence-electron chi connectivity index (χ1n) is 9.28. The zero-order chi connectivity index (χ0) is 19.8. The summed E-state index contributed by atoms with van der Waals surface area (Å²) in [4.78, 5) is 13.9. The number of aromatic nitrogens is 1. The van der Waals surface area contributed by atoms with Gasteiger partial charge < -0.3 is 29.7 Å². The van der Waals surface area contributed by atoms with Crippen molar-refractivity contribution in [1.29, 1.82) is 0 Å². The molecular formula is C21H23N3O4. The molecule has 0 aliphatic carbocycles. The molecule has 0 unspecified atom stereocenters. The van der Waals surface area contributed by atoms with E-state index in [2.05, 4.69) is 9.88 Å². The molecule has 28 heavy (non-hydrogen) atoms. The number of ether oxygens (including phenoxy) is 1. The molecule has 0 atom stereocenters. The third-order valence-corrected chi connectivity index (χ3v) is 5.19. The first-order valence-corrected chi connectivity index (χ1v) is 9.28. The van der Waals surface area contributed by atoms with Gasteiger partial charge in [0.15, 0.2) is 11.5 Å². The van der Waals surface area contributed by atoms with Gasteiger partial charge in [-0.2, -0.15) is 0 Å². The number of anilines is 2. The zero-order valence-electron chi connectivity index (χ0n) is 15.9. The van der Waals surface area contributed by atoms with E-state index in [1.165, 1.54) is 17.8 Å². The van der Waals surface area contributed by atoms with Crippen molar-refractivity contribution in [1.82, 2.24) is 9.47 Å². The number of carbonyl (C=O) groups is 1. The highest BCUT2D eigenvalue weighted by Gasteiger charge is 2.26. The van der Waals surface area contributed by atoms with Gasteiger partial charge in [0.2, 0.25) is 0 Å². The molecule has 0 bridgehead atoms. The number of hydrogen-bond donors (Lipinski definition) is 3. The second-order valence-electron chi connectivity index (χ2n) is 6.92. The van der Waals surface area contributed by atoms with E-state index < -0.39 is 0 Å². The third kappa shape index (κ3) is 3.09. The second kappa shape index (κ2) is 6.99. The van der Waals surface area contributed by atoms with Crippen molar-refractivity contribution in [3.05, 3.63) is 47.7 Å². The number of nitrogens with one attached hydrogen (secondary N) is 1. The van der Waals surface area contributed by atoms with Crippen molar-refractivity contribution in [3.8, 4) is 11.5 Å². The van der Waals surface area contributed by atoms with Crippen molar-refractivity contribution in [2.75, 3.05) is 18.5 Å². The van der Waals surface area contributed by atoms with Crippen molar-refractivity contribution >= 4 is 28.4 Å². The molecule has 7 nitrogen and oxygen atoms in total. The van der Waals surface area contributed by atoms with Gasteiger partial charge in [-0.25, -0.2) is 4.79 Å². The van der Waals surface area contributed by atoms with Gasteiger partial charge in [0.25, 0.3) is 0 Å². The predicted octanol–water partition coefficient (Wildman–Crippen LogP) is 3.85. The van der Waals surface area contributed by atoms with Crippen LogP contribution < -0.4 is 5.32 Å². The minimum Gasteiger partial charge on any atom is -0.504 e. The number of aryl methyl sites for hydroxylation is 1. The zero-order valence-corrected chi connectivity index (χ0v) is 15.9. The van der Waals surface area contributed by atoms with Gasteiger partial charge in [-0.3, -0.25) is 0 Å². The van der Waals surface area contributed by atoms with Gasteiger partial charge in [0, 0.05) is 59.6 Å². The fourth-order valence-corrected chi connectivity index (χ4v) is 3.80. The molecule has 0 fully saturated rings. The SMILES string of the molecule is CCOC(=O)N1CCc2c(c3cc(Nc4ccc(O)c(O)c4)ccc3n2C)C1. The van der Waals surface area contributed by atoms with E-state index in [4.69, 9.17) is 4.74 Å². The lowest BCUT2D eigenvalue weighted by atomic mass is 10.0. The number of benzene rings is 2. The molecule has 4 rings (SSSR count). The Hall–Kier alpha value is -3.35. The van der Waals surface area contributed by atoms with Gasteiger partial charge in [-0.05, 0) is 37.3 Å². The van der Waals surface area contributed by atoms with E-state index in [1.807, 2.05) is 32.2 Å². The van der Waals surface area contributed by atoms with Gasteiger partial charge in [-0.15, -0.1) is 0 Å². The molecule has 3 N–H and O–H groups in total. The summed E-state index contributed by atoms with van der Waals surface area (Å²) in [7, 11) is 2.05. The Labute approximate surface area is 162 Å². The van der Waals surface area contributed by atoms with Crippen molar-refractivity contribution in [3.63, 3.8) is 0 Å². The Morgan fingerprint density at radius 3 is 2.64 bits per heavy atom. The lowest BCUT2D eigenvalue weighted by molar-refractivity contribution is 0.102. The van der Waals surface area contributed by atoms with Gasteiger partial charge in [0.1, 0.15) is 0 Å². The maximum absolute atomic E-state index is 12.2. The molecule has 1 amide bonds. The highest BCUT2D eigenvalue weighted by Crippen LogP contribution is 2.34. The lowest BCUT2D eigenvalue weighted by Gasteiger charge is -2.27. The predicted molar refractivity (Wildman–Crippen MR) is 107 cm³/mol. The lowest BCUT2D eigenvalue weighted by Crippen LogP contribution is -2.36. The van der Waals surface area contributed by atoms with E-state index >= 15 is 0 Å². The number of amides is 1. The van der Waals surface area contributed by atoms with Crippen LogP contribution in [0.5, 0.6) is 11.5 Å². The summed E-state index contributed by atoms with van der Waals surface area (Å²) in [5.41, 5.74) is 5.01. The summed E-state index contributed by atoms with van der Waals surface area (Å²) in [6, 6.07) is 10.7. The maximum atomic E-state index is 12.2. The summed E-state index contributed by atoms with van der Waals surface area (Å²) < 4.78 is 7.35. The van der Waals surface area contributed by atoms with E-state index in [-0.39, 0.29) is 17.6 Å². The largest absolute Gasteiger partial charge is 0.504 e. The fraction of sp³-hybridized carbons (Fsp3) is 0.286. The van der Waals surface area contributed by atoms with Gasteiger partial charge in [0.05, 0.1) is 13.2 Å². The average Bonchev–Trinajstić information content (AvgIpc) is 2.96. The molecule has 0 saturated heterocycles.